The molecule has 0 bridgehead atoms. The Bertz CT molecular complexity index is 486. The first-order valence-electron chi connectivity index (χ1n) is 6.52. The van der Waals surface area contributed by atoms with Crippen LogP contribution in [0, 0.1) is 0 Å². The second-order valence-corrected chi connectivity index (χ2v) is 6.15. The van der Waals surface area contributed by atoms with E-state index >= 15 is 0 Å². The Morgan fingerprint density at radius 1 is 1.50 bits per heavy atom. The van der Waals surface area contributed by atoms with Gasteiger partial charge in [0.15, 0.2) is 0 Å². The van der Waals surface area contributed by atoms with Crippen molar-refractivity contribution >= 4 is 35.2 Å². The number of piperidine rings is 1. The standard InChI is InChI=1S/C14H17ClN2O2S/c15-11-3-1-2-10(6-11)8-20-9-14(19)17-12-4-5-13(18)16-7-12/h1-3,6,12H,4-5,7-9H2,(H,16,18)(H,17,19). The van der Waals surface area contributed by atoms with Crippen LogP contribution in [0.5, 0.6) is 0 Å². The molecule has 1 unspecified atom stereocenters. The summed E-state index contributed by atoms with van der Waals surface area (Å²) in [6.45, 7) is 0.531. The van der Waals surface area contributed by atoms with Crippen molar-refractivity contribution in [2.24, 2.45) is 0 Å². The van der Waals surface area contributed by atoms with Crippen LogP contribution < -0.4 is 10.6 Å². The smallest absolute Gasteiger partial charge is 0.230 e. The van der Waals surface area contributed by atoms with Gasteiger partial charge in [0.25, 0.3) is 0 Å². The van der Waals surface area contributed by atoms with Gasteiger partial charge in [0.1, 0.15) is 0 Å². The molecule has 1 aromatic carbocycles. The van der Waals surface area contributed by atoms with Crippen molar-refractivity contribution in [3.63, 3.8) is 0 Å². The van der Waals surface area contributed by atoms with Crippen LogP contribution in [0.25, 0.3) is 0 Å². The Morgan fingerprint density at radius 3 is 3.05 bits per heavy atom. The lowest BCUT2D eigenvalue weighted by atomic mass is 10.1. The molecule has 0 saturated carbocycles. The lowest BCUT2D eigenvalue weighted by Gasteiger charge is -2.23. The van der Waals surface area contributed by atoms with E-state index in [1.165, 1.54) is 0 Å². The average Bonchev–Trinajstić information content (AvgIpc) is 2.41. The normalized spacial score (nSPS) is 18.4. The number of amides is 2. The molecule has 1 aliphatic heterocycles. The molecule has 1 saturated heterocycles. The van der Waals surface area contributed by atoms with Crippen molar-refractivity contribution in [2.75, 3.05) is 12.3 Å². The summed E-state index contributed by atoms with van der Waals surface area (Å²) in [5, 5.41) is 6.40. The summed E-state index contributed by atoms with van der Waals surface area (Å²) in [5.74, 6) is 1.25. The van der Waals surface area contributed by atoms with Crippen molar-refractivity contribution in [3.8, 4) is 0 Å². The highest BCUT2D eigenvalue weighted by atomic mass is 35.5. The minimum atomic E-state index is 0.0122. The minimum absolute atomic E-state index is 0.0122. The predicted octanol–water partition coefficient (Wildman–Crippen LogP) is 1.97. The number of hydrogen-bond donors (Lipinski definition) is 2. The molecule has 20 heavy (non-hydrogen) atoms. The van der Waals surface area contributed by atoms with Crippen molar-refractivity contribution in [1.29, 1.82) is 0 Å². The zero-order valence-electron chi connectivity index (χ0n) is 11.0. The lowest BCUT2D eigenvalue weighted by Crippen LogP contribution is -2.48. The maximum atomic E-state index is 11.8. The largest absolute Gasteiger partial charge is 0.354 e. The van der Waals surface area contributed by atoms with Crippen molar-refractivity contribution in [3.05, 3.63) is 34.9 Å². The van der Waals surface area contributed by atoms with Crippen LogP contribution in [0.3, 0.4) is 0 Å². The molecule has 6 heteroatoms. The molecule has 2 amide bonds. The number of nitrogens with one attached hydrogen (secondary N) is 2. The maximum Gasteiger partial charge on any atom is 0.230 e. The van der Waals surface area contributed by atoms with E-state index in [0.717, 1.165) is 17.7 Å². The summed E-state index contributed by atoms with van der Waals surface area (Å²) < 4.78 is 0. The van der Waals surface area contributed by atoms with Gasteiger partial charge in [-0.25, -0.2) is 0 Å². The first-order chi connectivity index (χ1) is 9.63. The number of carbonyl (C=O) groups excluding carboxylic acids is 2. The van der Waals surface area contributed by atoms with Crippen molar-refractivity contribution < 1.29 is 9.59 Å². The van der Waals surface area contributed by atoms with Gasteiger partial charge in [-0.15, -0.1) is 11.8 Å². The zero-order valence-corrected chi connectivity index (χ0v) is 12.6. The Hall–Kier alpha value is -1.20. The van der Waals surface area contributed by atoms with Crippen LogP contribution in [0.4, 0.5) is 0 Å². The van der Waals surface area contributed by atoms with E-state index in [2.05, 4.69) is 10.6 Å². The highest BCUT2D eigenvalue weighted by Gasteiger charge is 2.19. The Labute approximate surface area is 127 Å². The van der Waals surface area contributed by atoms with E-state index in [0.29, 0.717) is 23.7 Å². The third-order valence-electron chi connectivity index (χ3n) is 3.02. The number of hydrogen-bond acceptors (Lipinski definition) is 3. The molecule has 0 aliphatic carbocycles. The molecular weight excluding hydrogens is 296 g/mol. The number of halogens is 1. The van der Waals surface area contributed by atoms with Crippen molar-refractivity contribution in [1.82, 2.24) is 10.6 Å². The number of thioether (sulfide) groups is 1. The van der Waals surface area contributed by atoms with Gasteiger partial charge in [-0.05, 0) is 24.1 Å². The summed E-state index contributed by atoms with van der Waals surface area (Å²) in [6, 6.07) is 7.70. The quantitative estimate of drug-likeness (QED) is 0.874. The molecule has 1 fully saturated rings. The molecule has 1 aliphatic rings. The summed E-state index contributed by atoms with van der Waals surface area (Å²) in [7, 11) is 0. The fourth-order valence-corrected chi connectivity index (χ4v) is 3.01. The molecule has 1 atom stereocenters. The third-order valence-corrected chi connectivity index (χ3v) is 4.26. The summed E-state index contributed by atoms with van der Waals surface area (Å²) in [5.41, 5.74) is 1.11. The first-order valence-corrected chi connectivity index (χ1v) is 8.05. The Morgan fingerprint density at radius 2 is 2.35 bits per heavy atom. The van der Waals surface area contributed by atoms with Gasteiger partial charge in [0, 0.05) is 29.8 Å². The van der Waals surface area contributed by atoms with E-state index in [-0.39, 0.29) is 17.9 Å². The van der Waals surface area contributed by atoms with Crippen LogP contribution in [0.2, 0.25) is 5.02 Å². The number of rotatable bonds is 5. The Balaban J connectivity index is 1.66. The fraction of sp³-hybridized carbons (Fsp3) is 0.429. The zero-order chi connectivity index (χ0) is 14.4. The molecule has 1 heterocycles. The Kier molecular flexibility index (Phi) is 5.73. The second-order valence-electron chi connectivity index (χ2n) is 4.73. The molecule has 2 rings (SSSR count). The summed E-state index contributed by atoms with van der Waals surface area (Å²) in [4.78, 5) is 22.8. The second kappa shape index (κ2) is 7.55. The monoisotopic (exact) mass is 312 g/mol. The highest BCUT2D eigenvalue weighted by Crippen LogP contribution is 2.16. The van der Waals surface area contributed by atoms with Gasteiger partial charge >= 0.3 is 0 Å². The third kappa shape index (κ3) is 5.06. The summed E-state index contributed by atoms with van der Waals surface area (Å²) in [6.07, 6.45) is 1.21. The predicted molar refractivity (Wildman–Crippen MR) is 81.8 cm³/mol. The fourth-order valence-electron chi connectivity index (χ4n) is 2.01. The molecular formula is C14H17ClN2O2S. The first kappa shape index (κ1) is 15.2. The van der Waals surface area contributed by atoms with Gasteiger partial charge in [-0.1, -0.05) is 23.7 Å². The lowest BCUT2D eigenvalue weighted by molar-refractivity contribution is -0.124. The van der Waals surface area contributed by atoms with Gasteiger partial charge in [0.2, 0.25) is 11.8 Å². The van der Waals surface area contributed by atoms with E-state index in [1.807, 2.05) is 24.3 Å². The minimum Gasteiger partial charge on any atom is -0.354 e. The van der Waals surface area contributed by atoms with Gasteiger partial charge in [-0.2, -0.15) is 0 Å². The molecule has 1 aromatic rings. The van der Waals surface area contributed by atoms with E-state index in [4.69, 9.17) is 11.6 Å². The number of benzene rings is 1. The highest BCUT2D eigenvalue weighted by molar-refractivity contribution is 7.99. The molecule has 0 spiro atoms. The van der Waals surface area contributed by atoms with E-state index in [9.17, 15) is 9.59 Å². The van der Waals surface area contributed by atoms with Crippen LogP contribution in [0.1, 0.15) is 18.4 Å². The molecule has 0 aromatic heterocycles. The van der Waals surface area contributed by atoms with Gasteiger partial charge in [0.05, 0.1) is 5.75 Å². The SMILES string of the molecule is O=C1CCC(NC(=O)CSCc2cccc(Cl)c2)CN1. The van der Waals surface area contributed by atoms with E-state index < -0.39 is 0 Å². The van der Waals surface area contributed by atoms with Crippen LogP contribution >= 0.6 is 23.4 Å². The van der Waals surface area contributed by atoms with Crippen LogP contribution in [0.15, 0.2) is 24.3 Å². The summed E-state index contributed by atoms with van der Waals surface area (Å²) >= 11 is 7.46. The molecule has 4 nitrogen and oxygen atoms in total. The average molecular weight is 313 g/mol. The van der Waals surface area contributed by atoms with Gasteiger partial charge < -0.3 is 10.6 Å². The van der Waals surface area contributed by atoms with Crippen LogP contribution in [-0.2, 0) is 15.3 Å². The van der Waals surface area contributed by atoms with Crippen LogP contribution in [-0.4, -0.2) is 30.2 Å². The van der Waals surface area contributed by atoms with E-state index in [1.54, 1.807) is 11.8 Å². The topological polar surface area (TPSA) is 58.2 Å². The van der Waals surface area contributed by atoms with Crippen molar-refractivity contribution in [2.45, 2.75) is 24.6 Å². The van der Waals surface area contributed by atoms with Gasteiger partial charge in [-0.3, -0.25) is 9.59 Å². The molecule has 108 valence electrons. The maximum absolute atomic E-state index is 11.8. The molecule has 0 radical (unpaired) electrons. The number of carbonyl (C=O) groups is 2. The molecule has 2 N–H and O–H groups in total.